The maximum absolute atomic E-state index is 10.5. The van der Waals surface area contributed by atoms with Gasteiger partial charge in [0.05, 0.1) is 13.2 Å². The Bertz CT molecular complexity index is 894. The molecular weight excluding hydrogens is 368 g/mol. The van der Waals surface area contributed by atoms with Crippen molar-refractivity contribution >= 4 is 0 Å². The Morgan fingerprint density at radius 2 is 1.97 bits per heavy atom. The Hall–Kier alpha value is -3.14. The van der Waals surface area contributed by atoms with Gasteiger partial charge in [0.2, 0.25) is 0 Å². The van der Waals surface area contributed by atoms with Crippen LogP contribution in [0.2, 0.25) is 0 Å². The highest BCUT2D eigenvalue weighted by Crippen LogP contribution is 2.26. The van der Waals surface area contributed by atoms with Crippen LogP contribution in [-0.4, -0.2) is 40.7 Å². The molecule has 0 atom stereocenters. The van der Waals surface area contributed by atoms with Crippen LogP contribution in [-0.2, 0) is 11.3 Å². The van der Waals surface area contributed by atoms with E-state index in [-0.39, 0.29) is 5.88 Å². The van der Waals surface area contributed by atoms with Crippen molar-refractivity contribution in [2.45, 2.75) is 25.0 Å². The molecule has 1 aromatic heterocycles. The summed E-state index contributed by atoms with van der Waals surface area (Å²) in [6, 6.07) is 11.5. The third kappa shape index (κ3) is 6.46. The molecule has 1 saturated heterocycles. The van der Waals surface area contributed by atoms with Crippen molar-refractivity contribution in [3.63, 3.8) is 0 Å². The van der Waals surface area contributed by atoms with Crippen LogP contribution >= 0.6 is 0 Å². The normalized spacial score (nSPS) is 15.3. The molecule has 2 heterocycles. The fourth-order valence-electron chi connectivity index (χ4n) is 2.66. The van der Waals surface area contributed by atoms with Gasteiger partial charge in [0.25, 0.3) is 5.88 Å². The monoisotopic (exact) mass is 392 g/mol. The van der Waals surface area contributed by atoms with Crippen LogP contribution in [0.5, 0.6) is 11.6 Å². The van der Waals surface area contributed by atoms with Gasteiger partial charge in [0.1, 0.15) is 24.5 Å². The molecule has 150 valence electrons. The molecule has 0 spiro atoms. The molecule has 6 nitrogen and oxygen atoms in total. The van der Waals surface area contributed by atoms with E-state index < -0.39 is 5.60 Å². The van der Waals surface area contributed by atoms with E-state index in [1.54, 1.807) is 18.2 Å². The van der Waals surface area contributed by atoms with Gasteiger partial charge < -0.3 is 19.3 Å². The zero-order valence-electron chi connectivity index (χ0n) is 16.2. The highest BCUT2D eigenvalue weighted by atomic mass is 16.5. The number of nitrogens with zero attached hydrogens (tertiary/aromatic N) is 2. The zero-order valence-corrected chi connectivity index (χ0v) is 16.2. The Labute approximate surface area is 170 Å². The van der Waals surface area contributed by atoms with Gasteiger partial charge in [0, 0.05) is 18.9 Å². The average Bonchev–Trinajstić information content (AvgIpc) is 2.76. The standard InChI is InChI=1S/C23H24N2O4/c1-2-3-7-14-28-22-21(29-18-19-8-5-4-6-9-19)17-20(24-25-22)10-11-23(26)12-15-27-16-13-23/h2-9,17,26H,1,12-16,18H2/b7-3-. The van der Waals surface area contributed by atoms with Crippen LogP contribution in [0.25, 0.3) is 0 Å². The van der Waals surface area contributed by atoms with Gasteiger partial charge >= 0.3 is 0 Å². The van der Waals surface area contributed by atoms with E-state index in [4.69, 9.17) is 14.2 Å². The van der Waals surface area contributed by atoms with Crippen molar-refractivity contribution in [3.05, 3.63) is 72.5 Å². The number of aliphatic hydroxyl groups is 1. The second-order valence-electron chi connectivity index (χ2n) is 6.54. The molecule has 0 radical (unpaired) electrons. The van der Waals surface area contributed by atoms with Gasteiger partial charge in [0.15, 0.2) is 5.75 Å². The fourth-order valence-corrected chi connectivity index (χ4v) is 2.66. The van der Waals surface area contributed by atoms with Gasteiger partial charge in [-0.25, -0.2) is 0 Å². The minimum atomic E-state index is -1.06. The number of aromatic nitrogens is 2. The highest BCUT2D eigenvalue weighted by molar-refractivity contribution is 5.40. The summed E-state index contributed by atoms with van der Waals surface area (Å²) in [5, 5.41) is 18.7. The molecule has 1 N–H and O–H groups in total. The maximum atomic E-state index is 10.5. The SMILES string of the molecule is C=C/C=C\COc1nnc(C#CC2(O)CCOCC2)cc1OCc1ccccc1. The molecule has 3 rings (SSSR count). The van der Waals surface area contributed by atoms with Crippen molar-refractivity contribution in [1.82, 2.24) is 10.2 Å². The van der Waals surface area contributed by atoms with Gasteiger partial charge in [-0.05, 0) is 17.6 Å². The Morgan fingerprint density at radius 3 is 2.72 bits per heavy atom. The van der Waals surface area contributed by atoms with E-state index in [1.165, 1.54) is 0 Å². The lowest BCUT2D eigenvalue weighted by Gasteiger charge is -2.26. The third-order valence-electron chi connectivity index (χ3n) is 4.30. The lowest BCUT2D eigenvalue weighted by atomic mass is 9.95. The average molecular weight is 392 g/mol. The predicted molar refractivity (Wildman–Crippen MR) is 110 cm³/mol. The molecule has 0 amide bonds. The van der Waals surface area contributed by atoms with E-state index in [9.17, 15) is 5.11 Å². The zero-order chi connectivity index (χ0) is 20.4. The van der Waals surface area contributed by atoms with Gasteiger partial charge in [-0.3, -0.25) is 0 Å². The third-order valence-corrected chi connectivity index (χ3v) is 4.30. The fraction of sp³-hybridized carbons (Fsp3) is 0.304. The molecule has 2 aromatic rings. The number of rotatable bonds is 7. The smallest absolute Gasteiger partial charge is 0.276 e. The van der Waals surface area contributed by atoms with Crippen LogP contribution in [0, 0.1) is 11.8 Å². The van der Waals surface area contributed by atoms with Crippen molar-refractivity contribution < 1.29 is 19.3 Å². The summed E-state index contributed by atoms with van der Waals surface area (Å²) >= 11 is 0. The lowest BCUT2D eigenvalue weighted by Crippen LogP contribution is -2.34. The minimum Gasteiger partial charge on any atom is -0.483 e. The first-order valence-corrected chi connectivity index (χ1v) is 9.47. The quantitative estimate of drug-likeness (QED) is 0.577. The molecule has 0 saturated carbocycles. The predicted octanol–water partition coefficient (Wildman–Crippen LogP) is 3.07. The second-order valence-corrected chi connectivity index (χ2v) is 6.54. The second kappa shape index (κ2) is 10.4. The van der Waals surface area contributed by atoms with Gasteiger partial charge in [-0.2, -0.15) is 0 Å². The number of allylic oxidation sites excluding steroid dienone is 2. The summed E-state index contributed by atoms with van der Waals surface area (Å²) in [4.78, 5) is 0. The first-order chi connectivity index (χ1) is 14.2. The van der Waals surface area contributed by atoms with Crippen molar-refractivity contribution in [3.8, 4) is 23.5 Å². The summed E-state index contributed by atoms with van der Waals surface area (Å²) in [5.74, 6) is 6.53. The van der Waals surface area contributed by atoms with Gasteiger partial charge in [-0.1, -0.05) is 55.0 Å². The molecule has 6 heteroatoms. The molecule has 1 aliphatic rings. The van der Waals surface area contributed by atoms with Crippen LogP contribution in [0.15, 0.2) is 61.2 Å². The van der Waals surface area contributed by atoms with Crippen molar-refractivity contribution in [1.29, 1.82) is 0 Å². The molecule has 0 unspecified atom stereocenters. The molecule has 1 aromatic carbocycles. The van der Waals surface area contributed by atoms with E-state index in [1.807, 2.05) is 36.4 Å². The van der Waals surface area contributed by atoms with E-state index >= 15 is 0 Å². The maximum Gasteiger partial charge on any atom is 0.276 e. The molecular formula is C23H24N2O4. The summed E-state index contributed by atoms with van der Waals surface area (Å²) in [5.41, 5.74) is 0.364. The number of hydrogen-bond donors (Lipinski definition) is 1. The van der Waals surface area contributed by atoms with E-state index in [2.05, 4.69) is 28.6 Å². The topological polar surface area (TPSA) is 73.7 Å². The van der Waals surface area contributed by atoms with E-state index in [0.29, 0.717) is 50.7 Å². The van der Waals surface area contributed by atoms with Crippen LogP contribution in [0.3, 0.4) is 0 Å². The summed E-state index contributed by atoms with van der Waals surface area (Å²) in [6.45, 7) is 5.28. The lowest BCUT2D eigenvalue weighted by molar-refractivity contribution is -0.0262. The highest BCUT2D eigenvalue weighted by Gasteiger charge is 2.27. The first-order valence-electron chi connectivity index (χ1n) is 9.47. The molecule has 0 bridgehead atoms. The van der Waals surface area contributed by atoms with Crippen molar-refractivity contribution in [2.75, 3.05) is 19.8 Å². The first kappa shape index (κ1) is 20.6. The molecule has 1 fully saturated rings. The van der Waals surface area contributed by atoms with Crippen LogP contribution < -0.4 is 9.47 Å². The Morgan fingerprint density at radius 1 is 1.17 bits per heavy atom. The summed E-state index contributed by atoms with van der Waals surface area (Å²) in [6.07, 6.45) is 6.21. The minimum absolute atomic E-state index is 0.282. The Balaban J connectivity index is 1.77. The van der Waals surface area contributed by atoms with Crippen molar-refractivity contribution in [2.24, 2.45) is 0 Å². The Kier molecular flexibility index (Phi) is 7.40. The van der Waals surface area contributed by atoms with Crippen LogP contribution in [0.4, 0.5) is 0 Å². The largest absolute Gasteiger partial charge is 0.483 e. The van der Waals surface area contributed by atoms with Crippen LogP contribution in [0.1, 0.15) is 24.1 Å². The molecule has 29 heavy (non-hydrogen) atoms. The number of hydrogen-bond acceptors (Lipinski definition) is 6. The number of ether oxygens (including phenoxy) is 3. The molecule has 0 aliphatic carbocycles. The summed E-state index contributed by atoms with van der Waals surface area (Å²) in [7, 11) is 0. The van der Waals surface area contributed by atoms with E-state index in [0.717, 1.165) is 5.56 Å². The number of benzene rings is 1. The summed E-state index contributed by atoms with van der Waals surface area (Å²) < 4.78 is 16.8. The molecule has 1 aliphatic heterocycles. The van der Waals surface area contributed by atoms with Gasteiger partial charge in [-0.15, -0.1) is 10.2 Å².